The van der Waals surface area contributed by atoms with Gasteiger partial charge in [0.25, 0.3) is 0 Å². The van der Waals surface area contributed by atoms with Crippen molar-refractivity contribution in [3.8, 4) is 0 Å². The van der Waals surface area contributed by atoms with Crippen molar-refractivity contribution in [2.45, 2.75) is 24.3 Å². The number of likely N-dealkylation sites (tertiary alicyclic amines) is 1. The Morgan fingerprint density at radius 2 is 1.73 bits per heavy atom. The molecule has 0 spiro atoms. The topological polar surface area (TPSA) is 99.8 Å². The van der Waals surface area contributed by atoms with E-state index in [9.17, 15) is 22.0 Å². The molecule has 2 aliphatic heterocycles. The van der Waals surface area contributed by atoms with Crippen LogP contribution in [0.15, 0.2) is 41.4 Å². The summed E-state index contributed by atoms with van der Waals surface area (Å²) in [6.45, 7) is 2.98. The molecule has 2 aromatic rings. The number of pyridine rings is 1. The molecule has 0 aliphatic carbocycles. The largest absolute Gasteiger partial charge is 0.384 e. The molecular weight excluding hydrogens is 452 g/mol. The van der Waals surface area contributed by atoms with Crippen molar-refractivity contribution in [1.82, 2.24) is 19.1 Å². The molecule has 2 N–H and O–H groups in total. The van der Waals surface area contributed by atoms with E-state index >= 15 is 0 Å². The molecule has 2 fully saturated rings. The molecule has 2 saturated heterocycles. The highest BCUT2D eigenvalue weighted by Crippen LogP contribution is 2.25. The number of sulfonamides is 1. The number of anilines is 1. The van der Waals surface area contributed by atoms with Crippen molar-refractivity contribution < 1.29 is 22.0 Å². The van der Waals surface area contributed by atoms with Gasteiger partial charge in [-0.2, -0.15) is 4.31 Å². The fraction of sp³-hybridized carbons (Fsp3) is 0.455. The van der Waals surface area contributed by atoms with Crippen LogP contribution in [0.1, 0.15) is 18.4 Å². The summed E-state index contributed by atoms with van der Waals surface area (Å²) in [4.78, 5) is 20.4. The van der Waals surface area contributed by atoms with Gasteiger partial charge in [0.2, 0.25) is 15.9 Å². The number of carbonyl (C=O) groups excluding carboxylic acids is 1. The van der Waals surface area contributed by atoms with E-state index in [4.69, 9.17) is 5.73 Å². The second-order valence-electron chi connectivity index (χ2n) is 8.44. The Labute approximate surface area is 192 Å². The summed E-state index contributed by atoms with van der Waals surface area (Å²) >= 11 is 0. The van der Waals surface area contributed by atoms with Crippen LogP contribution in [-0.2, 0) is 21.4 Å². The molecule has 0 unspecified atom stereocenters. The van der Waals surface area contributed by atoms with Gasteiger partial charge in [-0.3, -0.25) is 9.69 Å². The molecule has 178 valence electrons. The van der Waals surface area contributed by atoms with Gasteiger partial charge in [-0.05, 0) is 55.8 Å². The lowest BCUT2D eigenvalue weighted by molar-refractivity contribution is -0.138. The molecule has 1 aromatic heterocycles. The zero-order valence-electron chi connectivity index (χ0n) is 18.2. The molecule has 0 bridgehead atoms. The van der Waals surface area contributed by atoms with Gasteiger partial charge in [-0.15, -0.1) is 0 Å². The zero-order valence-corrected chi connectivity index (χ0v) is 19.0. The van der Waals surface area contributed by atoms with Crippen LogP contribution in [0.5, 0.6) is 0 Å². The fourth-order valence-corrected chi connectivity index (χ4v) is 5.89. The predicted molar refractivity (Wildman–Crippen MR) is 118 cm³/mol. The monoisotopic (exact) mass is 479 g/mol. The maximum atomic E-state index is 14.0. The number of halogens is 2. The first-order valence-electron chi connectivity index (χ1n) is 10.9. The smallest absolute Gasteiger partial charge is 0.246 e. The molecule has 1 aromatic carbocycles. The Bertz CT molecular complexity index is 1110. The number of nitrogens with two attached hydrogens (primary N) is 1. The number of piperazine rings is 1. The van der Waals surface area contributed by atoms with Gasteiger partial charge in [-0.1, -0.05) is 0 Å². The van der Waals surface area contributed by atoms with Gasteiger partial charge in [0.1, 0.15) is 22.3 Å². The van der Waals surface area contributed by atoms with E-state index in [1.54, 1.807) is 11.1 Å². The van der Waals surface area contributed by atoms with E-state index in [1.807, 2.05) is 12.1 Å². The summed E-state index contributed by atoms with van der Waals surface area (Å²) in [6, 6.07) is 6.20. The number of amides is 1. The second kappa shape index (κ2) is 9.70. The molecule has 4 rings (SSSR count). The predicted octanol–water partition coefficient (Wildman–Crippen LogP) is 1.69. The molecule has 0 saturated carbocycles. The first kappa shape index (κ1) is 23.5. The summed E-state index contributed by atoms with van der Waals surface area (Å²) in [7, 11) is -4.09. The van der Waals surface area contributed by atoms with E-state index in [1.165, 1.54) is 0 Å². The number of hydrogen-bond acceptors (Lipinski definition) is 6. The molecule has 1 amide bonds. The van der Waals surface area contributed by atoms with Gasteiger partial charge in [0.05, 0.1) is 0 Å². The standard InChI is InChI=1S/C22H27F2N5O3S/c23-18-1-2-20(19(24)14-18)33(31,32)29-11-9-28(10-12-29)22(30)17-4-7-27(8-5-17)15-16-3-6-26-21(25)13-16/h1-3,6,13-14,17H,4-5,7-12,15H2,(H2,25,26). The first-order valence-corrected chi connectivity index (χ1v) is 12.3. The van der Waals surface area contributed by atoms with Crippen LogP contribution in [0.3, 0.4) is 0 Å². The molecular formula is C22H27F2N5O3S. The van der Waals surface area contributed by atoms with Crippen LogP contribution in [0.2, 0.25) is 0 Å². The van der Waals surface area contributed by atoms with Gasteiger partial charge < -0.3 is 10.6 Å². The Balaban J connectivity index is 1.29. The van der Waals surface area contributed by atoms with E-state index in [-0.39, 0.29) is 38.0 Å². The maximum absolute atomic E-state index is 14.0. The molecule has 8 nitrogen and oxygen atoms in total. The Morgan fingerprint density at radius 3 is 2.36 bits per heavy atom. The summed E-state index contributed by atoms with van der Waals surface area (Å²) < 4.78 is 53.8. The third kappa shape index (κ3) is 5.31. The highest BCUT2D eigenvalue weighted by molar-refractivity contribution is 7.89. The van der Waals surface area contributed by atoms with Crippen LogP contribution in [0, 0.1) is 17.6 Å². The van der Waals surface area contributed by atoms with Crippen LogP contribution >= 0.6 is 0 Å². The Kier molecular flexibility index (Phi) is 6.91. The van der Waals surface area contributed by atoms with Crippen molar-refractivity contribution in [1.29, 1.82) is 0 Å². The quantitative estimate of drug-likeness (QED) is 0.701. The van der Waals surface area contributed by atoms with E-state index < -0.39 is 26.6 Å². The number of rotatable bonds is 5. The number of benzene rings is 1. The first-order chi connectivity index (χ1) is 15.7. The maximum Gasteiger partial charge on any atom is 0.246 e. The minimum atomic E-state index is -4.09. The number of nitrogen functional groups attached to an aromatic ring is 1. The highest BCUT2D eigenvalue weighted by Gasteiger charge is 2.34. The normalized spacial score (nSPS) is 19.0. The van der Waals surface area contributed by atoms with Gasteiger partial charge in [0.15, 0.2) is 0 Å². The third-order valence-corrected chi connectivity index (χ3v) is 8.18. The van der Waals surface area contributed by atoms with Gasteiger partial charge in [-0.25, -0.2) is 22.2 Å². The van der Waals surface area contributed by atoms with E-state index in [2.05, 4.69) is 9.88 Å². The fourth-order valence-electron chi connectivity index (χ4n) is 4.42. The number of hydrogen-bond donors (Lipinski definition) is 1. The summed E-state index contributed by atoms with van der Waals surface area (Å²) in [5, 5.41) is 0. The SMILES string of the molecule is Nc1cc(CN2CCC(C(=O)N3CCN(S(=O)(=O)c4ccc(F)cc4F)CC3)CC2)ccn1. The van der Waals surface area contributed by atoms with Crippen molar-refractivity contribution in [2.24, 2.45) is 5.92 Å². The summed E-state index contributed by atoms with van der Waals surface area (Å²) in [5.74, 6) is -1.53. The average molecular weight is 480 g/mol. The minimum absolute atomic E-state index is 0.0350. The van der Waals surface area contributed by atoms with E-state index in [0.717, 1.165) is 54.5 Å². The molecule has 2 aliphatic rings. The Hall–Kier alpha value is -2.63. The molecule has 0 radical (unpaired) electrons. The molecule has 3 heterocycles. The van der Waals surface area contributed by atoms with Crippen LogP contribution in [-0.4, -0.2) is 72.7 Å². The molecule has 0 atom stereocenters. The Morgan fingerprint density at radius 1 is 1.03 bits per heavy atom. The van der Waals surface area contributed by atoms with Crippen molar-refractivity contribution >= 4 is 21.7 Å². The number of aromatic nitrogens is 1. The molecule has 11 heteroatoms. The van der Waals surface area contributed by atoms with Gasteiger partial charge >= 0.3 is 0 Å². The van der Waals surface area contributed by atoms with Crippen molar-refractivity contribution in [3.05, 3.63) is 53.7 Å². The lowest BCUT2D eigenvalue weighted by atomic mass is 9.94. The minimum Gasteiger partial charge on any atom is -0.384 e. The number of nitrogens with zero attached hydrogens (tertiary/aromatic N) is 4. The van der Waals surface area contributed by atoms with Crippen molar-refractivity contribution in [3.63, 3.8) is 0 Å². The third-order valence-electron chi connectivity index (χ3n) is 6.25. The molecule has 33 heavy (non-hydrogen) atoms. The van der Waals surface area contributed by atoms with Crippen LogP contribution < -0.4 is 5.73 Å². The lowest BCUT2D eigenvalue weighted by Gasteiger charge is -2.38. The van der Waals surface area contributed by atoms with Crippen LogP contribution in [0.25, 0.3) is 0 Å². The van der Waals surface area contributed by atoms with Crippen molar-refractivity contribution in [2.75, 3.05) is 45.0 Å². The summed E-state index contributed by atoms with van der Waals surface area (Å²) in [6.07, 6.45) is 3.16. The second-order valence-corrected chi connectivity index (χ2v) is 10.3. The van der Waals surface area contributed by atoms with E-state index in [0.29, 0.717) is 11.9 Å². The lowest BCUT2D eigenvalue weighted by Crippen LogP contribution is -2.52. The zero-order chi connectivity index (χ0) is 23.6. The summed E-state index contributed by atoms with van der Waals surface area (Å²) in [5.41, 5.74) is 6.82. The number of piperidine rings is 1. The average Bonchev–Trinajstić information content (AvgIpc) is 2.79. The van der Waals surface area contributed by atoms with Crippen LogP contribution in [0.4, 0.5) is 14.6 Å². The van der Waals surface area contributed by atoms with Gasteiger partial charge in [0, 0.05) is 50.9 Å². The highest BCUT2D eigenvalue weighted by atomic mass is 32.2. The number of carbonyl (C=O) groups is 1.